The van der Waals surface area contributed by atoms with Gasteiger partial charge in [-0.2, -0.15) is 0 Å². The number of amides is 1. The van der Waals surface area contributed by atoms with E-state index in [4.69, 9.17) is 16.3 Å². The minimum atomic E-state index is -0.194. The van der Waals surface area contributed by atoms with E-state index >= 15 is 0 Å². The Kier molecular flexibility index (Phi) is 7.40. The number of ether oxygens (including phenoxy) is 1. The lowest BCUT2D eigenvalue weighted by atomic mass is 9.94. The minimum Gasteiger partial charge on any atom is -0.487 e. The summed E-state index contributed by atoms with van der Waals surface area (Å²) in [6.07, 6.45) is 8.74. The van der Waals surface area contributed by atoms with Crippen LogP contribution in [-0.4, -0.2) is 10.9 Å². The number of halogens is 1. The van der Waals surface area contributed by atoms with E-state index in [0.717, 1.165) is 45.9 Å². The van der Waals surface area contributed by atoms with Gasteiger partial charge in [-0.15, -0.1) is 11.3 Å². The minimum absolute atomic E-state index is 0.0309. The van der Waals surface area contributed by atoms with Crippen molar-refractivity contribution in [2.75, 3.05) is 0 Å². The van der Waals surface area contributed by atoms with Gasteiger partial charge in [0, 0.05) is 9.90 Å². The first-order valence-corrected chi connectivity index (χ1v) is 11.9. The second-order valence-electron chi connectivity index (χ2n) is 7.70. The summed E-state index contributed by atoms with van der Waals surface area (Å²) in [6, 6.07) is 15.1. The van der Waals surface area contributed by atoms with Gasteiger partial charge in [0.1, 0.15) is 12.4 Å². The normalized spacial score (nSPS) is 14.0. The highest BCUT2D eigenvalue weighted by atomic mass is 35.5. The molecule has 1 aromatic heterocycles. The lowest BCUT2D eigenvalue weighted by Gasteiger charge is -2.22. The molecule has 2 aromatic carbocycles. The monoisotopic (exact) mass is 464 g/mol. The summed E-state index contributed by atoms with van der Waals surface area (Å²) in [5.74, 6) is 0.731. The van der Waals surface area contributed by atoms with E-state index in [2.05, 4.69) is 28.5 Å². The zero-order chi connectivity index (χ0) is 22.3. The molecule has 164 valence electrons. The van der Waals surface area contributed by atoms with E-state index in [1.807, 2.05) is 61.0 Å². The Labute approximate surface area is 197 Å². The highest BCUT2D eigenvalue weighted by Gasteiger charge is 2.19. The SMILES string of the molecule is Cc1scnc1COc1ccc(CC(=O)NC(C2=CCCC=C2)c2ccc(Cl)cc2)cc1. The van der Waals surface area contributed by atoms with Gasteiger partial charge in [0.05, 0.1) is 23.7 Å². The van der Waals surface area contributed by atoms with E-state index in [0.29, 0.717) is 18.1 Å². The Morgan fingerprint density at radius 2 is 1.94 bits per heavy atom. The number of aromatic nitrogens is 1. The molecule has 0 aliphatic heterocycles. The quantitative estimate of drug-likeness (QED) is 0.422. The highest BCUT2D eigenvalue weighted by Crippen LogP contribution is 2.27. The Morgan fingerprint density at radius 3 is 2.59 bits per heavy atom. The zero-order valence-electron chi connectivity index (χ0n) is 17.9. The van der Waals surface area contributed by atoms with Crippen molar-refractivity contribution in [1.82, 2.24) is 10.3 Å². The van der Waals surface area contributed by atoms with Crippen LogP contribution in [0.2, 0.25) is 5.02 Å². The molecule has 0 spiro atoms. The van der Waals surface area contributed by atoms with Crippen LogP contribution in [0.4, 0.5) is 0 Å². The van der Waals surface area contributed by atoms with Crippen LogP contribution < -0.4 is 10.1 Å². The van der Waals surface area contributed by atoms with Crippen LogP contribution in [0.15, 0.2) is 77.8 Å². The molecule has 0 saturated carbocycles. The van der Waals surface area contributed by atoms with Gasteiger partial charge in [-0.1, -0.05) is 54.1 Å². The third-order valence-corrected chi connectivity index (χ3v) is 6.43. The largest absolute Gasteiger partial charge is 0.487 e. The molecule has 1 atom stereocenters. The molecule has 1 aliphatic rings. The van der Waals surface area contributed by atoms with Gasteiger partial charge in [-0.05, 0) is 60.7 Å². The molecule has 0 saturated heterocycles. The average molecular weight is 465 g/mol. The molecule has 1 N–H and O–H groups in total. The maximum atomic E-state index is 12.9. The van der Waals surface area contributed by atoms with Crippen LogP contribution in [0.5, 0.6) is 5.75 Å². The van der Waals surface area contributed by atoms with Crippen LogP contribution >= 0.6 is 22.9 Å². The number of aryl methyl sites for hydroxylation is 1. The molecule has 4 nitrogen and oxygen atoms in total. The molecule has 1 unspecified atom stereocenters. The number of nitrogens with one attached hydrogen (secondary N) is 1. The smallest absolute Gasteiger partial charge is 0.225 e. The maximum absolute atomic E-state index is 12.9. The van der Waals surface area contributed by atoms with Crippen LogP contribution in [0.25, 0.3) is 0 Å². The molecule has 3 aromatic rings. The van der Waals surface area contributed by atoms with Crippen LogP contribution in [0, 0.1) is 6.92 Å². The fourth-order valence-electron chi connectivity index (χ4n) is 3.58. The van der Waals surface area contributed by atoms with E-state index in [9.17, 15) is 4.79 Å². The Hall–Kier alpha value is -2.89. The van der Waals surface area contributed by atoms with Crippen molar-refractivity contribution in [3.8, 4) is 5.75 Å². The Morgan fingerprint density at radius 1 is 1.16 bits per heavy atom. The molecule has 0 bridgehead atoms. The van der Waals surface area contributed by atoms with Gasteiger partial charge in [0.15, 0.2) is 0 Å². The van der Waals surface area contributed by atoms with Crippen molar-refractivity contribution in [2.45, 2.75) is 38.8 Å². The lowest BCUT2D eigenvalue weighted by molar-refractivity contribution is -0.120. The van der Waals surface area contributed by atoms with Crippen molar-refractivity contribution < 1.29 is 9.53 Å². The first-order valence-electron chi connectivity index (χ1n) is 10.6. The van der Waals surface area contributed by atoms with E-state index in [1.54, 1.807) is 11.3 Å². The highest BCUT2D eigenvalue weighted by molar-refractivity contribution is 7.09. The second kappa shape index (κ2) is 10.6. The summed E-state index contributed by atoms with van der Waals surface area (Å²) in [5.41, 5.74) is 5.83. The number of carbonyl (C=O) groups excluding carboxylic acids is 1. The molecular weight excluding hydrogens is 440 g/mol. The van der Waals surface area contributed by atoms with Gasteiger partial charge < -0.3 is 10.1 Å². The predicted molar refractivity (Wildman–Crippen MR) is 130 cm³/mol. The number of allylic oxidation sites excluding steroid dienone is 2. The van der Waals surface area contributed by atoms with Gasteiger partial charge >= 0.3 is 0 Å². The summed E-state index contributed by atoms with van der Waals surface area (Å²) >= 11 is 7.67. The summed E-state index contributed by atoms with van der Waals surface area (Å²) in [4.78, 5) is 18.4. The molecule has 4 rings (SSSR count). The number of benzene rings is 2. The van der Waals surface area contributed by atoms with Crippen molar-refractivity contribution in [2.24, 2.45) is 0 Å². The molecule has 1 amide bonds. The molecule has 1 heterocycles. The molecule has 0 fully saturated rings. The standard InChI is InChI=1S/C26H25ClN2O2S/c1-18-24(28-17-32-18)16-31-23-13-7-19(8-14-23)15-25(30)29-26(20-5-3-2-4-6-20)21-9-11-22(27)12-10-21/h3,5-14,17,26H,2,4,15-16H2,1H3,(H,29,30). The molecule has 32 heavy (non-hydrogen) atoms. The summed E-state index contributed by atoms with van der Waals surface area (Å²) in [5, 5.41) is 3.88. The van der Waals surface area contributed by atoms with E-state index in [-0.39, 0.29) is 11.9 Å². The number of rotatable bonds is 8. The van der Waals surface area contributed by atoms with Crippen LogP contribution in [-0.2, 0) is 17.8 Å². The van der Waals surface area contributed by atoms with Gasteiger partial charge in [0.25, 0.3) is 0 Å². The topological polar surface area (TPSA) is 51.2 Å². The molecule has 0 radical (unpaired) electrons. The third kappa shape index (κ3) is 5.87. The fourth-order valence-corrected chi connectivity index (χ4v) is 4.29. The number of hydrogen-bond acceptors (Lipinski definition) is 4. The number of hydrogen-bond donors (Lipinski definition) is 1. The van der Waals surface area contributed by atoms with Crippen LogP contribution in [0.3, 0.4) is 0 Å². The molecule has 6 heteroatoms. The summed E-state index contributed by atoms with van der Waals surface area (Å²) < 4.78 is 5.82. The fraction of sp³-hybridized carbons (Fsp3) is 0.231. The number of nitrogens with zero attached hydrogens (tertiary/aromatic N) is 1. The Bertz CT molecular complexity index is 1120. The molecule has 1 aliphatic carbocycles. The van der Waals surface area contributed by atoms with Crippen molar-refractivity contribution in [3.05, 3.63) is 105 Å². The number of carbonyl (C=O) groups is 1. The zero-order valence-corrected chi connectivity index (χ0v) is 19.5. The van der Waals surface area contributed by atoms with Gasteiger partial charge in [-0.3, -0.25) is 4.79 Å². The van der Waals surface area contributed by atoms with E-state index < -0.39 is 0 Å². The second-order valence-corrected chi connectivity index (χ2v) is 9.20. The van der Waals surface area contributed by atoms with Crippen LogP contribution in [0.1, 0.15) is 40.6 Å². The Balaban J connectivity index is 1.39. The summed E-state index contributed by atoms with van der Waals surface area (Å²) in [7, 11) is 0. The lowest BCUT2D eigenvalue weighted by Crippen LogP contribution is -2.31. The first-order chi connectivity index (χ1) is 15.6. The molecular formula is C26H25ClN2O2S. The predicted octanol–water partition coefficient (Wildman–Crippen LogP) is 6.36. The van der Waals surface area contributed by atoms with Crippen molar-refractivity contribution in [3.63, 3.8) is 0 Å². The third-order valence-electron chi connectivity index (χ3n) is 5.37. The van der Waals surface area contributed by atoms with Gasteiger partial charge in [-0.25, -0.2) is 4.98 Å². The van der Waals surface area contributed by atoms with Gasteiger partial charge in [0.2, 0.25) is 5.91 Å². The van der Waals surface area contributed by atoms with E-state index in [1.165, 1.54) is 0 Å². The van der Waals surface area contributed by atoms with Crippen molar-refractivity contribution in [1.29, 1.82) is 0 Å². The summed E-state index contributed by atoms with van der Waals surface area (Å²) in [6.45, 7) is 2.48. The van der Waals surface area contributed by atoms with Crippen molar-refractivity contribution >= 4 is 28.8 Å². The maximum Gasteiger partial charge on any atom is 0.225 e. The first kappa shape index (κ1) is 22.3. The average Bonchev–Trinajstić information content (AvgIpc) is 3.23. The number of thiazole rings is 1.